The molecular formula is C19H27ClN4O. The standard InChI is InChI=1S/C19H27ClN4O/c1-12(2)18(23(5)6)11-21-19(25)16-10-15(7-8-17(16)20)24-14(4)9-13(3)22-24/h7-10,12,18H,11H2,1-6H3,(H,21,25)/t18-/m0/s1. The number of rotatable bonds is 6. The Hall–Kier alpha value is -1.85. The molecule has 2 aromatic rings. The molecule has 1 aromatic heterocycles. The van der Waals surface area contributed by atoms with Crippen LogP contribution in [0.5, 0.6) is 0 Å². The highest BCUT2D eigenvalue weighted by Crippen LogP contribution is 2.21. The van der Waals surface area contributed by atoms with E-state index in [-0.39, 0.29) is 11.9 Å². The van der Waals surface area contributed by atoms with Crippen LogP contribution in [-0.4, -0.2) is 47.3 Å². The average molecular weight is 363 g/mol. The molecule has 0 spiro atoms. The Kier molecular flexibility index (Phi) is 6.25. The topological polar surface area (TPSA) is 50.2 Å². The van der Waals surface area contributed by atoms with E-state index < -0.39 is 0 Å². The number of aromatic nitrogens is 2. The van der Waals surface area contributed by atoms with Gasteiger partial charge in [-0.05, 0) is 58.1 Å². The van der Waals surface area contributed by atoms with E-state index in [1.54, 1.807) is 12.1 Å². The normalized spacial score (nSPS) is 12.7. The molecule has 1 aromatic carbocycles. The monoisotopic (exact) mass is 362 g/mol. The summed E-state index contributed by atoms with van der Waals surface area (Å²) in [5, 5.41) is 7.91. The Morgan fingerprint density at radius 3 is 2.48 bits per heavy atom. The van der Waals surface area contributed by atoms with Crippen LogP contribution in [0.25, 0.3) is 5.69 Å². The summed E-state index contributed by atoms with van der Waals surface area (Å²) in [6.45, 7) is 8.80. The third-order valence-corrected chi connectivity index (χ3v) is 4.68. The van der Waals surface area contributed by atoms with Gasteiger partial charge < -0.3 is 10.2 Å². The van der Waals surface area contributed by atoms with Gasteiger partial charge in [-0.3, -0.25) is 4.79 Å². The molecule has 0 aliphatic heterocycles. The number of benzene rings is 1. The van der Waals surface area contributed by atoms with Gasteiger partial charge in [0.15, 0.2) is 0 Å². The molecule has 0 aliphatic carbocycles. The van der Waals surface area contributed by atoms with Gasteiger partial charge in [-0.25, -0.2) is 4.68 Å². The molecule has 5 nitrogen and oxygen atoms in total. The smallest absolute Gasteiger partial charge is 0.252 e. The van der Waals surface area contributed by atoms with Crippen molar-refractivity contribution in [3.8, 4) is 5.69 Å². The first-order chi connectivity index (χ1) is 11.7. The van der Waals surface area contributed by atoms with Crippen LogP contribution in [0.1, 0.15) is 35.6 Å². The van der Waals surface area contributed by atoms with Gasteiger partial charge in [-0.1, -0.05) is 25.4 Å². The van der Waals surface area contributed by atoms with E-state index in [0.29, 0.717) is 23.0 Å². The Balaban J connectivity index is 2.22. The van der Waals surface area contributed by atoms with Crippen molar-refractivity contribution in [2.45, 2.75) is 33.7 Å². The molecule has 1 heterocycles. The highest BCUT2D eigenvalue weighted by atomic mass is 35.5. The summed E-state index contributed by atoms with van der Waals surface area (Å²) < 4.78 is 1.82. The Morgan fingerprint density at radius 2 is 1.96 bits per heavy atom. The third kappa shape index (κ3) is 4.61. The fraction of sp³-hybridized carbons (Fsp3) is 0.474. The number of carbonyl (C=O) groups is 1. The van der Waals surface area contributed by atoms with E-state index in [1.807, 2.05) is 44.8 Å². The number of nitrogens with one attached hydrogen (secondary N) is 1. The molecule has 0 aliphatic rings. The highest BCUT2D eigenvalue weighted by Gasteiger charge is 2.19. The molecule has 1 N–H and O–H groups in total. The van der Waals surface area contributed by atoms with Crippen LogP contribution >= 0.6 is 11.6 Å². The van der Waals surface area contributed by atoms with E-state index in [1.165, 1.54) is 0 Å². The molecule has 2 rings (SSSR count). The summed E-state index contributed by atoms with van der Waals surface area (Å²) in [4.78, 5) is 14.8. The molecule has 0 fully saturated rings. The summed E-state index contributed by atoms with van der Waals surface area (Å²) in [5.41, 5.74) is 3.24. The van der Waals surface area contributed by atoms with Gasteiger partial charge in [0, 0.05) is 18.3 Å². The van der Waals surface area contributed by atoms with E-state index >= 15 is 0 Å². The van der Waals surface area contributed by atoms with Gasteiger partial charge in [0.25, 0.3) is 5.91 Å². The Morgan fingerprint density at radius 1 is 1.28 bits per heavy atom. The highest BCUT2D eigenvalue weighted by molar-refractivity contribution is 6.33. The Bertz CT molecular complexity index is 744. The zero-order valence-electron chi connectivity index (χ0n) is 15.8. The predicted molar refractivity (Wildman–Crippen MR) is 103 cm³/mol. The van der Waals surface area contributed by atoms with Crippen molar-refractivity contribution in [2.24, 2.45) is 5.92 Å². The number of aryl methyl sites for hydroxylation is 2. The second-order valence-corrected chi connectivity index (χ2v) is 7.40. The van der Waals surface area contributed by atoms with Crippen molar-refractivity contribution < 1.29 is 4.79 Å². The molecule has 0 unspecified atom stereocenters. The van der Waals surface area contributed by atoms with Crippen molar-refractivity contribution in [1.82, 2.24) is 20.0 Å². The lowest BCUT2D eigenvalue weighted by molar-refractivity contribution is 0.0935. The predicted octanol–water partition coefficient (Wildman–Crippen LogP) is 3.46. The van der Waals surface area contributed by atoms with Crippen LogP contribution in [0.2, 0.25) is 5.02 Å². The average Bonchev–Trinajstić information content (AvgIpc) is 2.85. The minimum atomic E-state index is -0.166. The molecule has 6 heteroatoms. The van der Waals surface area contributed by atoms with Gasteiger partial charge in [-0.15, -0.1) is 0 Å². The molecule has 0 saturated carbocycles. The quantitative estimate of drug-likeness (QED) is 0.856. The van der Waals surface area contributed by atoms with Gasteiger partial charge in [0.05, 0.1) is 22.0 Å². The molecule has 1 amide bonds. The fourth-order valence-corrected chi connectivity index (χ4v) is 3.22. The van der Waals surface area contributed by atoms with Crippen molar-refractivity contribution in [2.75, 3.05) is 20.6 Å². The molecule has 0 bridgehead atoms. The molecule has 25 heavy (non-hydrogen) atoms. The lowest BCUT2D eigenvalue weighted by Crippen LogP contribution is -2.43. The Labute approximate surface area is 155 Å². The van der Waals surface area contributed by atoms with Crippen molar-refractivity contribution in [3.05, 3.63) is 46.2 Å². The maximum atomic E-state index is 12.6. The minimum Gasteiger partial charge on any atom is -0.350 e. The van der Waals surface area contributed by atoms with E-state index in [4.69, 9.17) is 11.6 Å². The molecule has 1 atom stereocenters. The van der Waals surface area contributed by atoms with E-state index in [2.05, 4.69) is 29.2 Å². The number of likely N-dealkylation sites (N-methyl/N-ethyl adjacent to an activating group) is 1. The van der Waals surface area contributed by atoms with Crippen molar-refractivity contribution in [1.29, 1.82) is 0 Å². The van der Waals surface area contributed by atoms with Crippen LogP contribution in [0.3, 0.4) is 0 Å². The van der Waals surface area contributed by atoms with E-state index in [0.717, 1.165) is 17.1 Å². The molecule has 0 saturated heterocycles. The van der Waals surface area contributed by atoms with Gasteiger partial charge >= 0.3 is 0 Å². The first-order valence-corrected chi connectivity index (χ1v) is 8.86. The zero-order valence-corrected chi connectivity index (χ0v) is 16.6. The summed E-state index contributed by atoms with van der Waals surface area (Å²) in [6.07, 6.45) is 0. The largest absolute Gasteiger partial charge is 0.350 e. The van der Waals surface area contributed by atoms with Crippen molar-refractivity contribution >= 4 is 17.5 Å². The summed E-state index contributed by atoms with van der Waals surface area (Å²) in [7, 11) is 4.04. The number of hydrogen-bond donors (Lipinski definition) is 1. The SMILES string of the molecule is Cc1cc(C)n(-c2ccc(Cl)c(C(=O)NC[C@@H](C(C)C)N(C)C)c2)n1. The summed E-state index contributed by atoms with van der Waals surface area (Å²) >= 11 is 6.26. The molecular weight excluding hydrogens is 336 g/mol. The molecule has 136 valence electrons. The van der Waals surface area contributed by atoms with Crippen LogP contribution in [0, 0.1) is 19.8 Å². The third-order valence-electron chi connectivity index (χ3n) is 4.35. The lowest BCUT2D eigenvalue weighted by Gasteiger charge is -2.28. The second kappa shape index (κ2) is 8.02. The van der Waals surface area contributed by atoms with Crippen LogP contribution in [-0.2, 0) is 0 Å². The fourth-order valence-electron chi connectivity index (χ4n) is 3.02. The lowest BCUT2D eigenvalue weighted by atomic mass is 10.0. The minimum absolute atomic E-state index is 0.166. The number of halogens is 1. The van der Waals surface area contributed by atoms with Crippen molar-refractivity contribution in [3.63, 3.8) is 0 Å². The summed E-state index contributed by atoms with van der Waals surface area (Å²) in [6, 6.07) is 7.67. The number of hydrogen-bond acceptors (Lipinski definition) is 3. The van der Waals surface area contributed by atoms with Gasteiger partial charge in [0.2, 0.25) is 0 Å². The van der Waals surface area contributed by atoms with Gasteiger partial charge in [0.1, 0.15) is 0 Å². The first kappa shape index (κ1) is 19.5. The number of amides is 1. The summed E-state index contributed by atoms with van der Waals surface area (Å²) in [5.74, 6) is 0.271. The van der Waals surface area contributed by atoms with Crippen LogP contribution in [0.15, 0.2) is 24.3 Å². The zero-order chi connectivity index (χ0) is 18.7. The first-order valence-electron chi connectivity index (χ1n) is 8.48. The number of carbonyl (C=O) groups excluding carboxylic acids is 1. The van der Waals surface area contributed by atoms with Crippen LogP contribution < -0.4 is 5.32 Å². The maximum Gasteiger partial charge on any atom is 0.252 e. The van der Waals surface area contributed by atoms with Gasteiger partial charge in [-0.2, -0.15) is 5.10 Å². The maximum absolute atomic E-state index is 12.6. The number of nitrogens with zero attached hydrogens (tertiary/aromatic N) is 3. The second-order valence-electron chi connectivity index (χ2n) is 6.99. The van der Waals surface area contributed by atoms with Crippen LogP contribution in [0.4, 0.5) is 0 Å². The van der Waals surface area contributed by atoms with E-state index in [9.17, 15) is 4.79 Å². The molecule has 0 radical (unpaired) electrons.